The van der Waals surface area contributed by atoms with Crippen LogP contribution in [-0.4, -0.2) is 49.1 Å². The van der Waals surface area contributed by atoms with Gasteiger partial charge in [0.2, 0.25) is 0 Å². The van der Waals surface area contributed by atoms with Crippen LogP contribution in [0.1, 0.15) is 66.2 Å². The van der Waals surface area contributed by atoms with Gasteiger partial charge in [0.05, 0.1) is 0 Å². The summed E-state index contributed by atoms with van der Waals surface area (Å²) in [5.74, 6) is 3.75. The van der Waals surface area contributed by atoms with Crippen LogP contribution in [0, 0.1) is 23.7 Å². The molecule has 22 heavy (non-hydrogen) atoms. The van der Waals surface area contributed by atoms with E-state index in [1.165, 1.54) is 77.8 Å². The van der Waals surface area contributed by atoms with Crippen molar-refractivity contribution in [3.63, 3.8) is 0 Å². The molecule has 0 spiro atoms. The van der Waals surface area contributed by atoms with E-state index < -0.39 is 0 Å². The smallest absolute Gasteiger partial charge is 0.000692 e. The van der Waals surface area contributed by atoms with Crippen molar-refractivity contribution in [3.8, 4) is 0 Å². The molecule has 0 bridgehead atoms. The molecule has 0 aromatic rings. The van der Waals surface area contributed by atoms with Gasteiger partial charge in [-0.3, -0.25) is 0 Å². The molecule has 2 heteroatoms. The number of piperidine rings is 2. The molecule has 2 nitrogen and oxygen atoms in total. The van der Waals surface area contributed by atoms with Crippen molar-refractivity contribution in [2.75, 3.05) is 39.3 Å². The average molecular weight is 309 g/mol. The van der Waals surface area contributed by atoms with E-state index in [9.17, 15) is 0 Å². The van der Waals surface area contributed by atoms with Gasteiger partial charge in [-0.1, -0.05) is 34.1 Å². The highest BCUT2D eigenvalue weighted by molar-refractivity contribution is 4.79. The molecule has 0 saturated carbocycles. The molecule has 0 amide bonds. The van der Waals surface area contributed by atoms with Gasteiger partial charge in [-0.15, -0.1) is 0 Å². The average Bonchev–Trinajstić information content (AvgIpc) is 2.50. The molecular weight excluding hydrogens is 268 g/mol. The van der Waals surface area contributed by atoms with E-state index >= 15 is 0 Å². The van der Waals surface area contributed by atoms with E-state index in [1.54, 1.807) is 0 Å². The summed E-state index contributed by atoms with van der Waals surface area (Å²) in [5.41, 5.74) is 0. The van der Waals surface area contributed by atoms with Crippen LogP contribution < -0.4 is 0 Å². The summed E-state index contributed by atoms with van der Waals surface area (Å²) >= 11 is 0. The van der Waals surface area contributed by atoms with Gasteiger partial charge in [0.1, 0.15) is 0 Å². The normalized spacial score (nSPS) is 25.0. The molecule has 0 radical (unpaired) electrons. The molecule has 2 rings (SSSR count). The molecule has 130 valence electrons. The molecule has 0 aliphatic carbocycles. The fourth-order valence-electron chi connectivity index (χ4n) is 4.37. The maximum atomic E-state index is 2.72. The Balaban J connectivity index is 1.61. The molecule has 0 aromatic heterocycles. The van der Waals surface area contributed by atoms with E-state index in [2.05, 4.69) is 37.5 Å². The third kappa shape index (κ3) is 6.20. The number of hydrogen-bond acceptors (Lipinski definition) is 2. The summed E-state index contributed by atoms with van der Waals surface area (Å²) in [4.78, 5) is 5.41. The highest BCUT2D eigenvalue weighted by Crippen LogP contribution is 2.30. The van der Waals surface area contributed by atoms with Gasteiger partial charge in [-0.05, 0) is 82.0 Å². The maximum Gasteiger partial charge on any atom is 0.000692 e. The van der Waals surface area contributed by atoms with Crippen molar-refractivity contribution < 1.29 is 0 Å². The molecule has 2 aliphatic rings. The predicted octanol–water partition coefficient (Wildman–Crippen LogP) is 4.50. The second-order valence-electron chi connectivity index (χ2n) is 8.63. The SMILES string of the molecule is CCC(C)CN1CCC(CC2CCN(CC(C)C)CC2)CC1. The zero-order valence-corrected chi connectivity index (χ0v) is 15.7. The Kier molecular flexibility index (Phi) is 7.70. The van der Waals surface area contributed by atoms with Crippen LogP contribution in [0.5, 0.6) is 0 Å². The second-order valence-corrected chi connectivity index (χ2v) is 8.63. The first kappa shape index (κ1) is 18.3. The Morgan fingerprint density at radius 2 is 1.23 bits per heavy atom. The summed E-state index contributed by atoms with van der Waals surface area (Å²) in [7, 11) is 0. The van der Waals surface area contributed by atoms with Gasteiger partial charge in [-0.25, -0.2) is 0 Å². The van der Waals surface area contributed by atoms with Crippen LogP contribution >= 0.6 is 0 Å². The van der Waals surface area contributed by atoms with Crippen LogP contribution in [0.15, 0.2) is 0 Å². The van der Waals surface area contributed by atoms with Gasteiger partial charge in [0.15, 0.2) is 0 Å². The number of hydrogen-bond donors (Lipinski definition) is 0. The van der Waals surface area contributed by atoms with Crippen molar-refractivity contribution in [2.45, 2.75) is 66.2 Å². The minimum Gasteiger partial charge on any atom is -0.303 e. The lowest BCUT2D eigenvalue weighted by atomic mass is 9.82. The molecule has 2 fully saturated rings. The molecule has 0 aromatic carbocycles. The molecule has 1 atom stereocenters. The Labute approximate surface area is 139 Å². The van der Waals surface area contributed by atoms with Gasteiger partial charge in [0.25, 0.3) is 0 Å². The van der Waals surface area contributed by atoms with Crippen molar-refractivity contribution in [2.24, 2.45) is 23.7 Å². The van der Waals surface area contributed by atoms with Crippen LogP contribution in [-0.2, 0) is 0 Å². The largest absolute Gasteiger partial charge is 0.303 e. The molecule has 0 N–H and O–H groups in total. The van der Waals surface area contributed by atoms with Crippen molar-refractivity contribution >= 4 is 0 Å². The number of rotatable bonds is 7. The van der Waals surface area contributed by atoms with Crippen molar-refractivity contribution in [3.05, 3.63) is 0 Å². The molecule has 2 heterocycles. The lowest BCUT2D eigenvalue weighted by Gasteiger charge is -2.37. The molecule has 1 unspecified atom stereocenters. The summed E-state index contributed by atoms with van der Waals surface area (Å²) < 4.78 is 0. The predicted molar refractivity (Wildman–Crippen MR) is 97.2 cm³/mol. The van der Waals surface area contributed by atoms with Crippen LogP contribution in [0.25, 0.3) is 0 Å². The summed E-state index contributed by atoms with van der Waals surface area (Å²) in [6.07, 6.45) is 8.69. The first-order chi connectivity index (χ1) is 10.6. The van der Waals surface area contributed by atoms with E-state index in [4.69, 9.17) is 0 Å². The first-order valence-corrected chi connectivity index (χ1v) is 10.0. The van der Waals surface area contributed by atoms with Gasteiger partial charge in [-0.2, -0.15) is 0 Å². The van der Waals surface area contributed by atoms with Crippen LogP contribution in [0.2, 0.25) is 0 Å². The third-order valence-corrected chi connectivity index (χ3v) is 5.97. The fourth-order valence-corrected chi connectivity index (χ4v) is 4.37. The maximum absolute atomic E-state index is 2.72. The van der Waals surface area contributed by atoms with E-state index in [-0.39, 0.29) is 0 Å². The quantitative estimate of drug-likeness (QED) is 0.683. The highest BCUT2D eigenvalue weighted by Gasteiger charge is 2.25. The Morgan fingerprint density at radius 1 is 0.773 bits per heavy atom. The molecule has 2 saturated heterocycles. The molecular formula is C20H40N2. The lowest BCUT2D eigenvalue weighted by Crippen LogP contribution is -2.39. The highest BCUT2D eigenvalue weighted by atomic mass is 15.1. The standard InChI is InChI=1S/C20H40N2/c1-5-18(4)16-22-12-8-20(9-13-22)14-19-6-10-21(11-7-19)15-17(2)3/h17-20H,5-16H2,1-4H3. The van der Waals surface area contributed by atoms with E-state index in [1.807, 2.05) is 0 Å². The minimum atomic E-state index is 0.825. The van der Waals surface area contributed by atoms with Gasteiger partial charge >= 0.3 is 0 Å². The second kappa shape index (κ2) is 9.27. The summed E-state index contributed by atoms with van der Waals surface area (Å²) in [6, 6.07) is 0. The Bertz CT molecular complexity index is 286. The van der Waals surface area contributed by atoms with Crippen LogP contribution in [0.4, 0.5) is 0 Å². The topological polar surface area (TPSA) is 6.48 Å². The number of likely N-dealkylation sites (tertiary alicyclic amines) is 2. The van der Waals surface area contributed by atoms with Crippen molar-refractivity contribution in [1.29, 1.82) is 0 Å². The zero-order valence-electron chi connectivity index (χ0n) is 15.7. The number of nitrogens with zero attached hydrogens (tertiary/aromatic N) is 2. The first-order valence-electron chi connectivity index (χ1n) is 10.0. The Morgan fingerprint density at radius 3 is 1.64 bits per heavy atom. The lowest BCUT2D eigenvalue weighted by molar-refractivity contribution is 0.120. The summed E-state index contributed by atoms with van der Waals surface area (Å²) in [5, 5.41) is 0. The minimum absolute atomic E-state index is 0.825. The van der Waals surface area contributed by atoms with Gasteiger partial charge < -0.3 is 9.80 Å². The van der Waals surface area contributed by atoms with E-state index in [0.29, 0.717) is 0 Å². The van der Waals surface area contributed by atoms with E-state index in [0.717, 1.165) is 23.7 Å². The third-order valence-electron chi connectivity index (χ3n) is 5.97. The Hall–Kier alpha value is -0.0800. The fraction of sp³-hybridized carbons (Fsp3) is 1.00. The monoisotopic (exact) mass is 308 g/mol. The zero-order chi connectivity index (χ0) is 15.9. The van der Waals surface area contributed by atoms with Crippen molar-refractivity contribution in [1.82, 2.24) is 9.80 Å². The van der Waals surface area contributed by atoms with Crippen LogP contribution in [0.3, 0.4) is 0 Å². The van der Waals surface area contributed by atoms with Gasteiger partial charge in [0, 0.05) is 13.1 Å². The summed E-state index contributed by atoms with van der Waals surface area (Å²) in [6.45, 7) is 17.5. The molecule has 2 aliphatic heterocycles.